The molecule has 1 aromatic heterocycles. The average Bonchev–Trinajstić information content (AvgIpc) is 2.94. The summed E-state index contributed by atoms with van der Waals surface area (Å²) in [5.41, 5.74) is 7.18. The second-order valence-electron chi connectivity index (χ2n) is 6.02. The van der Waals surface area contributed by atoms with Gasteiger partial charge in [0.1, 0.15) is 6.33 Å². The summed E-state index contributed by atoms with van der Waals surface area (Å²) in [7, 11) is 1.89. The number of aromatic nitrogens is 3. The first-order chi connectivity index (χ1) is 10.6. The van der Waals surface area contributed by atoms with Crippen molar-refractivity contribution in [3.8, 4) is 11.4 Å². The summed E-state index contributed by atoms with van der Waals surface area (Å²) in [6, 6.07) is 7.60. The predicted octanol–water partition coefficient (Wildman–Crippen LogP) is 2.50. The van der Waals surface area contributed by atoms with Gasteiger partial charge >= 0.3 is 0 Å². The lowest BCUT2D eigenvalue weighted by atomic mass is 9.82. The number of nitrogens with zero attached hydrogens (tertiary/aromatic N) is 3. The van der Waals surface area contributed by atoms with Crippen molar-refractivity contribution in [2.45, 2.75) is 37.6 Å². The molecule has 1 aliphatic rings. The molecular formula is C16H22ClN5O. The number of anilines is 1. The number of rotatable bonds is 3. The number of amides is 1. The van der Waals surface area contributed by atoms with Gasteiger partial charge in [-0.2, -0.15) is 0 Å². The van der Waals surface area contributed by atoms with Gasteiger partial charge in [0, 0.05) is 18.3 Å². The minimum absolute atomic E-state index is 0. The van der Waals surface area contributed by atoms with E-state index in [1.165, 1.54) is 0 Å². The van der Waals surface area contributed by atoms with E-state index in [1.54, 1.807) is 6.33 Å². The van der Waals surface area contributed by atoms with Crippen LogP contribution in [0.2, 0.25) is 0 Å². The summed E-state index contributed by atoms with van der Waals surface area (Å²) >= 11 is 0. The Morgan fingerprint density at radius 1 is 1.30 bits per heavy atom. The fourth-order valence-corrected chi connectivity index (χ4v) is 2.95. The lowest BCUT2D eigenvalue weighted by Crippen LogP contribution is -2.52. The summed E-state index contributed by atoms with van der Waals surface area (Å²) in [6.07, 6.45) is 6.35. The van der Waals surface area contributed by atoms with Gasteiger partial charge in [0.15, 0.2) is 5.82 Å². The fraction of sp³-hybridized carbons (Fsp3) is 0.438. The highest BCUT2D eigenvalue weighted by Gasteiger charge is 2.35. The van der Waals surface area contributed by atoms with Gasteiger partial charge < -0.3 is 15.6 Å². The summed E-state index contributed by atoms with van der Waals surface area (Å²) in [6.45, 7) is 0. The number of aryl methyl sites for hydroxylation is 1. The second kappa shape index (κ2) is 7.10. The first-order valence-corrected chi connectivity index (χ1v) is 7.63. The highest BCUT2D eigenvalue weighted by atomic mass is 35.5. The lowest BCUT2D eigenvalue weighted by molar-refractivity contribution is -0.122. The molecule has 1 aliphatic carbocycles. The third kappa shape index (κ3) is 3.71. The molecule has 1 amide bonds. The minimum Gasteiger partial charge on any atom is -0.324 e. The fourth-order valence-electron chi connectivity index (χ4n) is 2.95. The summed E-state index contributed by atoms with van der Waals surface area (Å²) in [5, 5.41) is 10.9. The van der Waals surface area contributed by atoms with Crippen molar-refractivity contribution < 1.29 is 4.79 Å². The van der Waals surface area contributed by atoms with Crippen LogP contribution in [0.25, 0.3) is 11.4 Å². The highest BCUT2D eigenvalue weighted by Crippen LogP contribution is 2.28. The van der Waals surface area contributed by atoms with E-state index >= 15 is 0 Å². The smallest absolute Gasteiger partial charge is 0.244 e. The summed E-state index contributed by atoms with van der Waals surface area (Å²) < 4.78 is 1.84. The molecule has 0 atom stereocenters. The van der Waals surface area contributed by atoms with Crippen LogP contribution in [-0.2, 0) is 11.8 Å². The molecule has 1 fully saturated rings. The van der Waals surface area contributed by atoms with Crippen LogP contribution in [0.5, 0.6) is 0 Å². The van der Waals surface area contributed by atoms with Gasteiger partial charge in [0.2, 0.25) is 5.91 Å². The molecule has 1 aromatic carbocycles. The monoisotopic (exact) mass is 335 g/mol. The number of halogens is 1. The SMILES string of the molecule is Cl.Cn1cnnc1-c1cccc(NC(=O)C2(N)CCCCC2)c1. The van der Waals surface area contributed by atoms with Gasteiger partial charge in [0.25, 0.3) is 0 Å². The van der Waals surface area contributed by atoms with Crippen LogP contribution in [0, 0.1) is 0 Å². The van der Waals surface area contributed by atoms with Gasteiger partial charge in [-0.3, -0.25) is 4.79 Å². The highest BCUT2D eigenvalue weighted by molar-refractivity contribution is 5.98. The topological polar surface area (TPSA) is 85.8 Å². The van der Waals surface area contributed by atoms with E-state index in [0.29, 0.717) is 0 Å². The van der Waals surface area contributed by atoms with Crippen molar-refractivity contribution >= 4 is 24.0 Å². The molecule has 0 unspecified atom stereocenters. The van der Waals surface area contributed by atoms with Crippen LogP contribution in [0.1, 0.15) is 32.1 Å². The third-order valence-corrected chi connectivity index (χ3v) is 4.29. The maximum atomic E-state index is 12.5. The van der Waals surface area contributed by atoms with Crippen LogP contribution >= 0.6 is 12.4 Å². The number of carbonyl (C=O) groups is 1. The normalized spacial score (nSPS) is 16.4. The Labute approximate surface area is 141 Å². The quantitative estimate of drug-likeness (QED) is 0.902. The van der Waals surface area contributed by atoms with Crippen LogP contribution in [0.4, 0.5) is 5.69 Å². The number of benzene rings is 1. The molecule has 1 saturated carbocycles. The Morgan fingerprint density at radius 3 is 2.70 bits per heavy atom. The van der Waals surface area contributed by atoms with Crippen LogP contribution in [-0.4, -0.2) is 26.2 Å². The molecule has 124 valence electrons. The van der Waals surface area contributed by atoms with Crippen molar-refractivity contribution in [1.29, 1.82) is 0 Å². The number of carbonyl (C=O) groups excluding carboxylic acids is 1. The molecule has 0 radical (unpaired) electrons. The van der Waals surface area contributed by atoms with Crippen LogP contribution < -0.4 is 11.1 Å². The largest absolute Gasteiger partial charge is 0.324 e. The Kier molecular flexibility index (Phi) is 5.38. The lowest BCUT2D eigenvalue weighted by Gasteiger charge is -2.31. The molecule has 1 heterocycles. The van der Waals surface area contributed by atoms with E-state index < -0.39 is 5.54 Å². The minimum atomic E-state index is -0.737. The van der Waals surface area contributed by atoms with Gasteiger partial charge in [-0.05, 0) is 25.0 Å². The number of nitrogens with two attached hydrogens (primary N) is 1. The molecule has 23 heavy (non-hydrogen) atoms. The first kappa shape index (κ1) is 17.4. The van der Waals surface area contributed by atoms with Crippen molar-refractivity contribution in [1.82, 2.24) is 14.8 Å². The van der Waals surface area contributed by atoms with E-state index in [-0.39, 0.29) is 18.3 Å². The molecule has 3 rings (SSSR count). The molecule has 0 spiro atoms. The second-order valence-corrected chi connectivity index (χ2v) is 6.02. The molecule has 0 saturated heterocycles. The Bertz CT molecular complexity index is 679. The van der Waals surface area contributed by atoms with Crippen molar-refractivity contribution in [2.24, 2.45) is 12.8 Å². The molecule has 0 bridgehead atoms. The van der Waals surface area contributed by atoms with Crippen molar-refractivity contribution in [3.05, 3.63) is 30.6 Å². The molecule has 6 nitrogen and oxygen atoms in total. The predicted molar refractivity (Wildman–Crippen MR) is 92.3 cm³/mol. The maximum absolute atomic E-state index is 12.5. The zero-order chi connectivity index (χ0) is 15.6. The Balaban J connectivity index is 0.00000192. The van der Waals surface area contributed by atoms with E-state index in [4.69, 9.17) is 5.73 Å². The van der Waals surface area contributed by atoms with Gasteiger partial charge in [-0.25, -0.2) is 0 Å². The molecular weight excluding hydrogens is 314 g/mol. The van der Waals surface area contributed by atoms with Gasteiger partial charge in [0.05, 0.1) is 5.54 Å². The van der Waals surface area contributed by atoms with E-state index in [2.05, 4.69) is 15.5 Å². The van der Waals surface area contributed by atoms with Crippen LogP contribution in [0.3, 0.4) is 0 Å². The van der Waals surface area contributed by atoms with E-state index in [0.717, 1.165) is 49.2 Å². The average molecular weight is 336 g/mol. The summed E-state index contributed by atoms with van der Waals surface area (Å²) in [5.74, 6) is 0.665. The maximum Gasteiger partial charge on any atom is 0.244 e. The van der Waals surface area contributed by atoms with E-state index in [1.807, 2.05) is 35.9 Å². The number of nitrogens with one attached hydrogen (secondary N) is 1. The zero-order valence-electron chi connectivity index (χ0n) is 13.2. The number of hydrogen-bond acceptors (Lipinski definition) is 4. The van der Waals surface area contributed by atoms with E-state index in [9.17, 15) is 4.79 Å². The Morgan fingerprint density at radius 2 is 2.04 bits per heavy atom. The molecule has 2 aromatic rings. The third-order valence-electron chi connectivity index (χ3n) is 4.29. The molecule has 0 aliphatic heterocycles. The van der Waals surface area contributed by atoms with Crippen LogP contribution in [0.15, 0.2) is 30.6 Å². The Hall–Kier alpha value is -1.92. The van der Waals surface area contributed by atoms with Crippen molar-refractivity contribution in [3.63, 3.8) is 0 Å². The molecule has 3 N–H and O–H groups in total. The molecule has 7 heteroatoms. The first-order valence-electron chi connectivity index (χ1n) is 7.63. The summed E-state index contributed by atoms with van der Waals surface area (Å²) in [4.78, 5) is 12.5. The zero-order valence-corrected chi connectivity index (χ0v) is 14.0. The van der Waals surface area contributed by atoms with Gasteiger partial charge in [-0.1, -0.05) is 31.4 Å². The van der Waals surface area contributed by atoms with Gasteiger partial charge in [-0.15, -0.1) is 22.6 Å². The standard InChI is InChI=1S/C16H21N5O.ClH/c1-21-11-18-20-14(21)12-6-5-7-13(10-12)19-15(22)16(17)8-3-2-4-9-16;/h5-7,10-11H,2-4,8-9,17H2,1H3,(H,19,22);1H. The van der Waals surface area contributed by atoms with Crippen molar-refractivity contribution in [2.75, 3.05) is 5.32 Å². The number of hydrogen-bond donors (Lipinski definition) is 2.